The largest absolute Gasteiger partial charge is 0.351 e. The lowest BCUT2D eigenvalue weighted by molar-refractivity contribution is 0.0966. The first-order chi connectivity index (χ1) is 11.5. The van der Waals surface area contributed by atoms with Crippen LogP contribution < -0.4 is 16.4 Å². The number of carbonyl (C=O) groups excluding carboxylic acids is 3. The average molecular weight is 347 g/mol. The van der Waals surface area contributed by atoms with Gasteiger partial charge in [0, 0.05) is 10.4 Å². The van der Waals surface area contributed by atoms with Gasteiger partial charge in [0.1, 0.15) is 10.8 Å². The van der Waals surface area contributed by atoms with Gasteiger partial charge in [-0.25, -0.2) is 9.18 Å². The summed E-state index contributed by atoms with van der Waals surface area (Å²) < 4.78 is 13.0. The second-order valence-corrected chi connectivity index (χ2v) is 6.45. The molecule has 0 saturated heterocycles. The smallest absolute Gasteiger partial charge is 0.319 e. The van der Waals surface area contributed by atoms with Crippen molar-refractivity contribution >= 4 is 34.2 Å². The van der Waals surface area contributed by atoms with Gasteiger partial charge < -0.3 is 11.1 Å². The lowest BCUT2D eigenvalue weighted by atomic mass is 10.1. The van der Waals surface area contributed by atoms with Gasteiger partial charge in [-0.15, -0.1) is 11.3 Å². The van der Waals surface area contributed by atoms with E-state index in [4.69, 9.17) is 5.73 Å². The summed E-state index contributed by atoms with van der Waals surface area (Å²) in [6.07, 6.45) is 2.45. The SMILES string of the molecule is NC(=O)NC(=O)c1c(NC(=O)c2ccc(F)cc2)sc2c1CCC2. The molecule has 0 unspecified atom stereocenters. The Balaban J connectivity index is 1.90. The normalized spacial score (nSPS) is 12.5. The number of rotatable bonds is 3. The van der Waals surface area contributed by atoms with Crippen LogP contribution in [-0.2, 0) is 12.8 Å². The van der Waals surface area contributed by atoms with Crippen LogP contribution in [0.1, 0.15) is 37.6 Å². The number of urea groups is 1. The number of aryl methyl sites for hydroxylation is 1. The molecule has 0 bridgehead atoms. The molecule has 124 valence electrons. The minimum absolute atomic E-state index is 0.270. The van der Waals surface area contributed by atoms with Crippen molar-refractivity contribution in [3.8, 4) is 0 Å². The Hall–Kier alpha value is -2.74. The standard InChI is InChI=1S/C16H14FN3O3S/c17-9-6-4-8(5-7-9)13(21)19-15-12(14(22)20-16(18)23)10-2-1-3-11(10)24-15/h4-7H,1-3H2,(H,19,21)(H3,18,20,22,23). The minimum atomic E-state index is -0.950. The number of imide groups is 1. The van der Waals surface area contributed by atoms with Crippen LogP contribution >= 0.6 is 11.3 Å². The van der Waals surface area contributed by atoms with Gasteiger partial charge in [0.2, 0.25) is 0 Å². The first kappa shape index (κ1) is 16.1. The molecule has 0 saturated carbocycles. The molecule has 1 aliphatic carbocycles. The molecule has 1 aliphatic rings. The van der Waals surface area contributed by atoms with Crippen molar-refractivity contribution in [1.29, 1.82) is 0 Å². The molecule has 1 heterocycles. The van der Waals surface area contributed by atoms with E-state index in [1.54, 1.807) is 0 Å². The highest BCUT2D eigenvalue weighted by molar-refractivity contribution is 7.17. The topological polar surface area (TPSA) is 101 Å². The molecule has 0 spiro atoms. The summed E-state index contributed by atoms with van der Waals surface area (Å²) in [7, 11) is 0. The van der Waals surface area contributed by atoms with E-state index in [1.165, 1.54) is 35.6 Å². The van der Waals surface area contributed by atoms with Gasteiger partial charge in [-0.2, -0.15) is 0 Å². The predicted molar refractivity (Wildman–Crippen MR) is 87.7 cm³/mol. The minimum Gasteiger partial charge on any atom is -0.351 e. The van der Waals surface area contributed by atoms with Crippen LogP contribution in [-0.4, -0.2) is 17.8 Å². The Kier molecular flexibility index (Phi) is 4.30. The Morgan fingerprint density at radius 3 is 2.46 bits per heavy atom. The van der Waals surface area contributed by atoms with E-state index >= 15 is 0 Å². The molecular weight excluding hydrogens is 333 g/mol. The Morgan fingerprint density at radius 2 is 1.79 bits per heavy atom. The highest BCUT2D eigenvalue weighted by Gasteiger charge is 2.28. The third-order valence-electron chi connectivity index (χ3n) is 3.72. The second kappa shape index (κ2) is 6.40. The predicted octanol–water partition coefficient (Wildman–Crippen LogP) is 2.44. The summed E-state index contributed by atoms with van der Waals surface area (Å²) in [5.41, 5.74) is 6.40. The molecule has 0 aliphatic heterocycles. The van der Waals surface area contributed by atoms with Gasteiger partial charge in [-0.05, 0) is 49.1 Å². The lowest BCUT2D eigenvalue weighted by Crippen LogP contribution is -2.35. The molecule has 2 aromatic rings. The fourth-order valence-electron chi connectivity index (χ4n) is 2.68. The average Bonchev–Trinajstić information content (AvgIpc) is 3.07. The van der Waals surface area contributed by atoms with Crippen molar-refractivity contribution in [1.82, 2.24) is 5.32 Å². The zero-order valence-corrected chi connectivity index (χ0v) is 13.3. The van der Waals surface area contributed by atoms with E-state index in [1.807, 2.05) is 5.32 Å². The molecule has 1 aromatic heterocycles. The zero-order valence-electron chi connectivity index (χ0n) is 12.5. The van der Waals surface area contributed by atoms with Crippen LogP contribution in [0, 0.1) is 5.82 Å². The maximum Gasteiger partial charge on any atom is 0.319 e. The maximum absolute atomic E-state index is 13.0. The van der Waals surface area contributed by atoms with Crippen molar-refractivity contribution in [2.75, 3.05) is 5.32 Å². The van der Waals surface area contributed by atoms with E-state index in [9.17, 15) is 18.8 Å². The molecule has 0 fully saturated rings. The summed E-state index contributed by atoms with van der Waals surface area (Å²) in [6.45, 7) is 0. The van der Waals surface area contributed by atoms with Gasteiger partial charge in [-0.3, -0.25) is 14.9 Å². The Labute approximate surface area is 140 Å². The van der Waals surface area contributed by atoms with Gasteiger partial charge in [0.15, 0.2) is 0 Å². The molecule has 3 rings (SSSR count). The summed E-state index contributed by atoms with van der Waals surface area (Å²) in [5, 5.41) is 5.08. The Bertz CT molecular complexity index is 830. The number of anilines is 1. The van der Waals surface area contributed by atoms with E-state index in [0.717, 1.165) is 23.3 Å². The number of hydrogen-bond acceptors (Lipinski definition) is 4. The highest BCUT2D eigenvalue weighted by Crippen LogP contribution is 2.39. The van der Waals surface area contributed by atoms with Gasteiger partial charge in [-0.1, -0.05) is 0 Å². The number of nitrogens with two attached hydrogens (primary N) is 1. The van der Waals surface area contributed by atoms with Crippen LogP contribution in [0.2, 0.25) is 0 Å². The quantitative estimate of drug-likeness (QED) is 0.795. The van der Waals surface area contributed by atoms with Crippen molar-refractivity contribution in [3.05, 3.63) is 51.7 Å². The number of halogens is 1. The number of benzene rings is 1. The maximum atomic E-state index is 13.0. The monoisotopic (exact) mass is 347 g/mol. The van der Waals surface area contributed by atoms with Crippen LogP contribution in [0.4, 0.5) is 14.2 Å². The summed E-state index contributed by atoms with van der Waals surface area (Å²) in [6, 6.07) is 4.13. The summed E-state index contributed by atoms with van der Waals surface area (Å²) >= 11 is 1.31. The first-order valence-corrected chi connectivity index (χ1v) is 8.09. The van der Waals surface area contributed by atoms with Crippen molar-refractivity contribution in [2.45, 2.75) is 19.3 Å². The molecule has 6 nitrogen and oxygen atoms in total. The number of nitrogens with one attached hydrogen (secondary N) is 2. The molecule has 8 heteroatoms. The van der Waals surface area contributed by atoms with Gasteiger partial charge in [0.05, 0.1) is 5.56 Å². The lowest BCUT2D eigenvalue weighted by Gasteiger charge is -2.08. The number of amides is 4. The van der Waals surface area contributed by atoms with Crippen LogP contribution in [0.5, 0.6) is 0 Å². The summed E-state index contributed by atoms with van der Waals surface area (Å²) in [4.78, 5) is 36.5. The number of thiophene rings is 1. The second-order valence-electron chi connectivity index (χ2n) is 5.34. The van der Waals surface area contributed by atoms with Crippen LogP contribution in [0.15, 0.2) is 24.3 Å². The van der Waals surface area contributed by atoms with E-state index in [-0.39, 0.29) is 11.1 Å². The van der Waals surface area contributed by atoms with E-state index in [0.29, 0.717) is 11.4 Å². The number of primary amides is 1. The molecule has 0 radical (unpaired) electrons. The number of carbonyl (C=O) groups is 3. The number of fused-ring (bicyclic) bond motifs is 1. The van der Waals surface area contributed by atoms with Crippen molar-refractivity contribution in [2.24, 2.45) is 5.73 Å². The van der Waals surface area contributed by atoms with Crippen molar-refractivity contribution < 1.29 is 18.8 Å². The number of hydrogen-bond donors (Lipinski definition) is 3. The van der Waals surface area contributed by atoms with E-state index < -0.39 is 23.7 Å². The fraction of sp³-hybridized carbons (Fsp3) is 0.188. The van der Waals surface area contributed by atoms with Gasteiger partial charge >= 0.3 is 6.03 Å². The van der Waals surface area contributed by atoms with Gasteiger partial charge in [0.25, 0.3) is 11.8 Å². The first-order valence-electron chi connectivity index (χ1n) is 7.28. The van der Waals surface area contributed by atoms with E-state index in [2.05, 4.69) is 5.32 Å². The van der Waals surface area contributed by atoms with Crippen molar-refractivity contribution in [3.63, 3.8) is 0 Å². The fourth-order valence-corrected chi connectivity index (χ4v) is 3.97. The Morgan fingerprint density at radius 1 is 1.08 bits per heavy atom. The molecular formula is C16H14FN3O3S. The molecule has 0 atom stereocenters. The molecule has 1 aromatic carbocycles. The third kappa shape index (κ3) is 3.13. The van der Waals surface area contributed by atoms with Crippen LogP contribution in [0.25, 0.3) is 0 Å². The van der Waals surface area contributed by atoms with Crippen LogP contribution in [0.3, 0.4) is 0 Å². The highest BCUT2D eigenvalue weighted by atomic mass is 32.1. The zero-order chi connectivity index (χ0) is 17.3. The molecule has 4 amide bonds. The summed E-state index contributed by atoms with van der Waals surface area (Å²) in [5.74, 6) is -1.53. The molecule has 24 heavy (non-hydrogen) atoms. The molecule has 4 N–H and O–H groups in total. The third-order valence-corrected chi connectivity index (χ3v) is 4.93.